The van der Waals surface area contributed by atoms with Crippen LogP contribution in [0.1, 0.15) is 31.4 Å². The predicted molar refractivity (Wildman–Crippen MR) is 105 cm³/mol. The number of nitrogens with two attached hydrogens (primary N) is 1. The van der Waals surface area contributed by atoms with Gasteiger partial charge in [0.1, 0.15) is 11.5 Å². The molecule has 0 aliphatic carbocycles. The van der Waals surface area contributed by atoms with Gasteiger partial charge in [-0.25, -0.2) is 0 Å². The molecule has 5 nitrogen and oxygen atoms in total. The van der Waals surface area contributed by atoms with Crippen LogP contribution >= 0.6 is 0 Å². The van der Waals surface area contributed by atoms with Crippen LogP contribution in [0.25, 0.3) is 0 Å². The topological polar surface area (TPSA) is 76.4 Å². The summed E-state index contributed by atoms with van der Waals surface area (Å²) in [6, 6.07) is 9.75. The van der Waals surface area contributed by atoms with E-state index in [4.69, 9.17) is 10.5 Å². The van der Waals surface area contributed by atoms with Crippen molar-refractivity contribution in [1.29, 1.82) is 0 Å². The van der Waals surface area contributed by atoms with E-state index in [0.717, 1.165) is 16.8 Å². The number of allylic oxidation sites excluding steroid dienone is 4. The standard InChI is InChI=1S/C21H27N3O2/c1-4-18-17(14-15(2)26-3)10-11-20(23-18)21(25)24-19(12-13-22)16-8-6-5-7-9-16/h4-9,11,14,19,23H,2,10,12-13,22H2,1,3H3,(H,24,25)/b17-14-,18-4+. The maximum atomic E-state index is 12.7. The molecular formula is C21H27N3O2. The van der Waals surface area contributed by atoms with E-state index in [9.17, 15) is 4.79 Å². The first-order valence-electron chi connectivity index (χ1n) is 8.72. The molecule has 1 aromatic rings. The van der Waals surface area contributed by atoms with Crippen LogP contribution in [-0.4, -0.2) is 19.6 Å². The van der Waals surface area contributed by atoms with Crippen molar-refractivity contribution < 1.29 is 9.53 Å². The fraction of sp³-hybridized carbons (Fsp3) is 0.286. The van der Waals surface area contributed by atoms with Gasteiger partial charge in [-0.15, -0.1) is 0 Å². The van der Waals surface area contributed by atoms with Gasteiger partial charge < -0.3 is 21.1 Å². The normalized spacial score (nSPS) is 18.0. The van der Waals surface area contributed by atoms with Gasteiger partial charge in [-0.3, -0.25) is 4.79 Å². The first-order valence-corrected chi connectivity index (χ1v) is 8.72. The van der Waals surface area contributed by atoms with Gasteiger partial charge in [-0.1, -0.05) is 49.1 Å². The molecule has 4 N–H and O–H groups in total. The lowest BCUT2D eigenvalue weighted by Crippen LogP contribution is -2.36. The fourth-order valence-corrected chi connectivity index (χ4v) is 2.81. The van der Waals surface area contributed by atoms with Gasteiger partial charge in [0, 0.05) is 5.70 Å². The van der Waals surface area contributed by atoms with E-state index in [0.29, 0.717) is 30.8 Å². The van der Waals surface area contributed by atoms with Crippen molar-refractivity contribution in [2.45, 2.75) is 25.8 Å². The zero-order valence-electron chi connectivity index (χ0n) is 15.4. The molecule has 26 heavy (non-hydrogen) atoms. The van der Waals surface area contributed by atoms with Gasteiger partial charge in [-0.05, 0) is 43.5 Å². The number of nitrogens with one attached hydrogen (secondary N) is 2. The van der Waals surface area contributed by atoms with Crippen molar-refractivity contribution in [3.63, 3.8) is 0 Å². The molecule has 1 aliphatic heterocycles. The van der Waals surface area contributed by atoms with Crippen LogP contribution in [0, 0.1) is 0 Å². The van der Waals surface area contributed by atoms with Gasteiger partial charge in [-0.2, -0.15) is 0 Å². The van der Waals surface area contributed by atoms with Crippen molar-refractivity contribution >= 4 is 5.91 Å². The van der Waals surface area contributed by atoms with Crippen LogP contribution in [-0.2, 0) is 9.53 Å². The minimum absolute atomic E-state index is 0.115. The van der Waals surface area contributed by atoms with Crippen molar-refractivity contribution in [2.75, 3.05) is 13.7 Å². The Kier molecular flexibility index (Phi) is 7.24. The number of carbonyl (C=O) groups is 1. The van der Waals surface area contributed by atoms with E-state index in [-0.39, 0.29) is 11.9 Å². The molecule has 2 rings (SSSR count). The number of rotatable bonds is 7. The molecule has 0 saturated heterocycles. The van der Waals surface area contributed by atoms with E-state index in [1.807, 2.05) is 55.5 Å². The van der Waals surface area contributed by atoms with E-state index in [1.165, 1.54) is 0 Å². The van der Waals surface area contributed by atoms with E-state index >= 15 is 0 Å². The average Bonchev–Trinajstić information content (AvgIpc) is 2.68. The minimum Gasteiger partial charge on any atom is -0.497 e. The van der Waals surface area contributed by atoms with Crippen molar-refractivity contribution in [3.05, 3.63) is 83.4 Å². The zero-order chi connectivity index (χ0) is 18.9. The summed E-state index contributed by atoms with van der Waals surface area (Å²) in [6.45, 7) is 6.24. The number of carbonyl (C=O) groups excluding carboxylic acids is 1. The Labute approximate surface area is 155 Å². The second kappa shape index (κ2) is 9.63. The second-order valence-electron chi connectivity index (χ2n) is 6.00. The summed E-state index contributed by atoms with van der Waals surface area (Å²) in [7, 11) is 1.58. The number of ether oxygens (including phenoxy) is 1. The largest absolute Gasteiger partial charge is 0.497 e. The summed E-state index contributed by atoms with van der Waals surface area (Å²) in [5.74, 6) is 0.436. The third kappa shape index (κ3) is 5.10. The summed E-state index contributed by atoms with van der Waals surface area (Å²) in [4.78, 5) is 12.7. The number of hydrogen-bond donors (Lipinski definition) is 3. The maximum Gasteiger partial charge on any atom is 0.267 e. The highest BCUT2D eigenvalue weighted by Gasteiger charge is 2.21. The van der Waals surface area contributed by atoms with E-state index < -0.39 is 0 Å². The van der Waals surface area contributed by atoms with Gasteiger partial charge in [0.25, 0.3) is 5.91 Å². The molecule has 0 saturated carbocycles. The van der Waals surface area contributed by atoms with Gasteiger partial charge >= 0.3 is 0 Å². The van der Waals surface area contributed by atoms with Gasteiger partial charge in [0.05, 0.1) is 13.2 Å². The molecule has 1 heterocycles. The summed E-state index contributed by atoms with van der Waals surface area (Å²) >= 11 is 0. The quantitative estimate of drug-likeness (QED) is 0.659. The van der Waals surface area contributed by atoms with Crippen LogP contribution in [0.4, 0.5) is 0 Å². The molecule has 1 unspecified atom stereocenters. The molecule has 5 heteroatoms. The van der Waals surface area contributed by atoms with Crippen LogP contribution in [0.2, 0.25) is 0 Å². The molecular weight excluding hydrogens is 326 g/mol. The fourth-order valence-electron chi connectivity index (χ4n) is 2.81. The molecule has 0 fully saturated rings. The Morgan fingerprint density at radius 3 is 2.77 bits per heavy atom. The molecule has 1 atom stereocenters. The number of methoxy groups -OCH3 is 1. The Morgan fingerprint density at radius 1 is 1.42 bits per heavy atom. The minimum atomic E-state index is -0.142. The number of amides is 1. The summed E-state index contributed by atoms with van der Waals surface area (Å²) in [6.07, 6.45) is 6.99. The molecule has 0 bridgehead atoms. The summed E-state index contributed by atoms with van der Waals surface area (Å²) < 4.78 is 5.11. The number of hydrogen-bond acceptors (Lipinski definition) is 4. The Balaban J connectivity index is 2.14. The van der Waals surface area contributed by atoms with E-state index in [1.54, 1.807) is 7.11 Å². The molecule has 0 radical (unpaired) electrons. The van der Waals surface area contributed by atoms with E-state index in [2.05, 4.69) is 17.2 Å². The van der Waals surface area contributed by atoms with Crippen molar-refractivity contribution in [2.24, 2.45) is 5.73 Å². The lowest BCUT2D eigenvalue weighted by molar-refractivity contribution is -0.118. The highest BCUT2D eigenvalue weighted by atomic mass is 16.5. The van der Waals surface area contributed by atoms with Crippen LogP contribution < -0.4 is 16.4 Å². The Hall–Kier alpha value is -2.79. The van der Waals surface area contributed by atoms with Crippen LogP contribution in [0.15, 0.2) is 77.9 Å². The first-order chi connectivity index (χ1) is 12.6. The Bertz CT molecular complexity index is 733. The highest BCUT2D eigenvalue weighted by molar-refractivity contribution is 5.94. The second-order valence-corrected chi connectivity index (χ2v) is 6.00. The SMILES string of the molecule is C=C(/C=C1/CC=C(C(=O)NC(CCN)c2ccccc2)N/C1=C/C)OC. The van der Waals surface area contributed by atoms with Crippen LogP contribution in [0.3, 0.4) is 0 Å². The third-order valence-electron chi connectivity index (χ3n) is 4.23. The maximum absolute atomic E-state index is 12.7. The lowest BCUT2D eigenvalue weighted by Gasteiger charge is -2.24. The predicted octanol–water partition coefficient (Wildman–Crippen LogP) is 3.06. The van der Waals surface area contributed by atoms with Crippen LogP contribution in [0.5, 0.6) is 0 Å². The zero-order valence-corrected chi connectivity index (χ0v) is 15.4. The lowest BCUT2D eigenvalue weighted by atomic mass is 10.0. The Morgan fingerprint density at radius 2 is 2.15 bits per heavy atom. The number of benzene rings is 1. The summed E-state index contributed by atoms with van der Waals surface area (Å²) in [5, 5.41) is 6.27. The smallest absolute Gasteiger partial charge is 0.267 e. The molecule has 138 valence electrons. The third-order valence-corrected chi connectivity index (χ3v) is 4.23. The molecule has 1 aliphatic rings. The molecule has 1 amide bonds. The molecule has 1 aromatic carbocycles. The molecule has 0 aromatic heterocycles. The van der Waals surface area contributed by atoms with Gasteiger partial charge in [0.2, 0.25) is 0 Å². The summed E-state index contributed by atoms with van der Waals surface area (Å²) in [5.41, 5.74) is 9.22. The first kappa shape index (κ1) is 19.5. The highest BCUT2D eigenvalue weighted by Crippen LogP contribution is 2.23. The van der Waals surface area contributed by atoms with Crippen molar-refractivity contribution in [1.82, 2.24) is 10.6 Å². The average molecular weight is 353 g/mol. The molecule has 0 spiro atoms. The van der Waals surface area contributed by atoms with Crippen molar-refractivity contribution in [3.8, 4) is 0 Å². The van der Waals surface area contributed by atoms with Gasteiger partial charge in [0.15, 0.2) is 0 Å². The monoisotopic (exact) mass is 353 g/mol.